The molecular formula is C10H9BrN2O. The van der Waals surface area contributed by atoms with Crippen LogP contribution in [0, 0.1) is 6.92 Å². The molecule has 4 heteroatoms. The quantitative estimate of drug-likeness (QED) is 0.849. The Morgan fingerprint density at radius 1 is 1.36 bits per heavy atom. The van der Waals surface area contributed by atoms with Crippen LogP contribution < -0.4 is 5.73 Å². The molecule has 0 spiro atoms. The first-order chi connectivity index (χ1) is 6.66. The van der Waals surface area contributed by atoms with Crippen LogP contribution in [0.25, 0.3) is 11.3 Å². The van der Waals surface area contributed by atoms with E-state index in [2.05, 4.69) is 21.1 Å². The Hall–Kier alpha value is -1.29. The first-order valence-electron chi connectivity index (χ1n) is 4.15. The first kappa shape index (κ1) is 9.27. The first-order valence-corrected chi connectivity index (χ1v) is 4.95. The van der Waals surface area contributed by atoms with Crippen LogP contribution in [0.4, 0.5) is 5.82 Å². The van der Waals surface area contributed by atoms with Gasteiger partial charge in [-0.15, -0.1) is 0 Å². The fraction of sp³-hybridized carbons (Fsp3) is 0.100. The molecule has 0 saturated heterocycles. The molecule has 1 aromatic carbocycles. The highest BCUT2D eigenvalue weighted by atomic mass is 79.9. The minimum atomic E-state index is 0.400. The molecule has 72 valence electrons. The van der Waals surface area contributed by atoms with Crippen LogP contribution in [0.2, 0.25) is 0 Å². The van der Waals surface area contributed by atoms with E-state index in [1.54, 1.807) is 6.07 Å². The molecule has 0 aliphatic carbocycles. The van der Waals surface area contributed by atoms with Crippen molar-refractivity contribution in [3.63, 3.8) is 0 Å². The van der Waals surface area contributed by atoms with Crippen molar-refractivity contribution in [1.82, 2.24) is 5.16 Å². The van der Waals surface area contributed by atoms with E-state index in [1.807, 2.05) is 25.1 Å². The summed E-state index contributed by atoms with van der Waals surface area (Å²) in [5.41, 5.74) is 7.61. The molecule has 0 fully saturated rings. The molecule has 0 amide bonds. The van der Waals surface area contributed by atoms with Crippen LogP contribution in [-0.2, 0) is 0 Å². The van der Waals surface area contributed by atoms with Crippen molar-refractivity contribution in [2.45, 2.75) is 6.92 Å². The lowest BCUT2D eigenvalue weighted by molar-refractivity contribution is 0.436. The molecular weight excluding hydrogens is 244 g/mol. The number of rotatable bonds is 1. The summed E-state index contributed by atoms with van der Waals surface area (Å²) >= 11 is 3.46. The van der Waals surface area contributed by atoms with Gasteiger partial charge in [0.2, 0.25) is 0 Å². The zero-order valence-electron chi connectivity index (χ0n) is 7.62. The van der Waals surface area contributed by atoms with E-state index in [4.69, 9.17) is 10.3 Å². The predicted molar refractivity (Wildman–Crippen MR) is 58.8 cm³/mol. The van der Waals surface area contributed by atoms with Crippen LogP contribution in [0.1, 0.15) is 5.56 Å². The van der Waals surface area contributed by atoms with Gasteiger partial charge in [-0.25, -0.2) is 0 Å². The number of aromatic nitrogens is 1. The third-order valence-electron chi connectivity index (χ3n) is 1.98. The van der Waals surface area contributed by atoms with E-state index < -0.39 is 0 Å². The molecule has 0 saturated carbocycles. The van der Waals surface area contributed by atoms with Gasteiger partial charge in [-0.1, -0.05) is 33.2 Å². The van der Waals surface area contributed by atoms with Crippen molar-refractivity contribution in [3.8, 4) is 11.3 Å². The minimum absolute atomic E-state index is 0.400. The molecule has 1 heterocycles. The van der Waals surface area contributed by atoms with Gasteiger partial charge in [-0.3, -0.25) is 0 Å². The maximum absolute atomic E-state index is 5.47. The zero-order valence-corrected chi connectivity index (χ0v) is 9.21. The number of benzene rings is 1. The minimum Gasteiger partial charge on any atom is -0.381 e. The third-order valence-corrected chi connectivity index (χ3v) is 2.84. The van der Waals surface area contributed by atoms with Crippen molar-refractivity contribution in [2.24, 2.45) is 0 Å². The van der Waals surface area contributed by atoms with Gasteiger partial charge < -0.3 is 10.3 Å². The number of anilines is 1. The highest BCUT2D eigenvalue weighted by Gasteiger charge is 2.05. The second-order valence-corrected chi connectivity index (χ2v) is 3.93. The Bertz CT molecular complexity index is 465. The number of hydrogen-bond donors (Lipinski definition) is 1. The summed E-state index contributed by atoms with van der Waals surface area (Å²) in [4.78, 5) is 0. The van der Waals surface area contributed by atoms with Crippen molar-refractivity contribution >= 4 is 21.7 Å². The van der Waals surface area contributed by atoms with Crippen LogP contribution in [-0.4, -0.2) is 5.16 Å². The second kappa shape index (κ2) is 3.46. The van der Waals surface area contributed by atoms with Gasteiger partial charge in [-0.05, 0) is 18.6 Å². The fourth-order valence-corrected chi connectivity index (χ4v) is 1.55. The van der Waals surface area contributed by atoms with Crippen LogP contribution in [0.3, 0.4) is 0 Å². The average Bonchev–Trinajstić information content (AvgIpc) is 2.57. The highest BCUT2D eigenvalue weighted by molar-refractivity contribution is 9.10. The highest BCUT2D eigenvalue weighted by Crippen LogP contribution is 2.26. The lowest BCUT2D eigenvalue weighted by Crippen LogP contribution is -1.80. The van der Waals surface area contributed by atoms with Gasteiger partial charge >= 0.3 is 0 Å². The SMILES string of the molecule is Cc1ccc(-c2cc(N)no2)cc1Br. The van der Waals surface area contributed by atoms with Gasteiger partial charge in [0.15, 0.2) is 11.6 Å². The van der Waals surface area contributed by atoms with Gasteiger partial charge in [-0.2, -0.15) is 0 Å². The van der Waals surface area contributed by atoms with Crippen LogP contribution >= 0.6 is 15.9 Å². The summed E-state index contributed by atoms with van der Waals surface area (Å²) in [6.07, 6.45) is 0. The molecule has 0 bridgehead atoms. The molecule has 2 aromatic rings. The molecule has 14 heavy (non-hydrogen) atoms. The number of nitrogen functional groups attached to an aromatic ring is 1. The number of aryl methyl sites for hydroxylation is 1. The molecule has 0 atom stereocenters. The van der Waals surface area contributed by atoms with E-state index in [-0.39, 0.29) is 0 Å². The van der Waals surface area contributed by atoms with E-state index in [9.17, 15) is 0 Å². The zero-order chi connectivity index (χ0) is 10.1. The number of halogens is 1. The Morgan fingerprint density at radius 2 is 2.14 bits per heavy atom. The van der Waals surface area contributed by atoms with Crippen LogP contribution in [0.5, 0.6) is 0 Å². The van der Waals surface area contributed by atoms with Crippen molar-refractivity contribution in [2.75, 3.05) is 5.73 Å². The molecule has 2 N–H and O–H groups in total. The molecule has 0 unspecified atom stereocenters. The van der Waals surface area contributed by atoms with Crippen LogP contribution in [0.15, 0.2) is 33.3 Å². The molecule has 1 aromatic heterocycles. The lowest BCUT2D eigenvalue weighted by Gasteiger charge is -1.99. The molecule has 3 nitrogen and oxygen atoms in total. The summed E-state index contributed by atoms with van der Waals surface area (Å²) in [6.45, 7) is 2.03. The lowest BCUT2D eigenvalue weighted by atomic mass is 10.1. The smallest absolute Gasteiger partial charge is 0.169 e. The molecule has 0 aliphatic heterocycles. The van der Waals surface area contributed by atoms with Crippen molar-refractivity contribution in [1.29, 1.82) is 0 Å². The summed E-state index contributed by atoms with van der Waals surface area (Å²) in [5, 5.41) is 3.63. The van der Waals surface area contributed by atoms with Crippen molar-refractivity contribution in [3.05, 3.63) is 34.3 Å². The Balaban J connectivity index is 2.47. The van der Waals surface area contributed by atoms with Gasteiger partial charge in [0, 0.05) is 16.1 Å². The summed E-state index contributed by atoms with van der Waals surface area (Å²) in [7, 11) is 0. The summed E-state index contributed by atoms with van der Waals surface area (Å²) in [6, 6.07) is 7.67. The largest absolute Gasteiger partial charge is 0.381 e. The Labute approximate surface area is 90.0 Å². The normalized spacial score (nSPS) is 10.4. The summed E-state index contributed by atoms with van der Waals surface area (Å²) < 4.78 is 6.10. The Morgan fingerprint density at radius 3 is 2.71 bits per heavy atom. The van der Waals surface area contributed by atoms with E-state index in [1.165, 1.54) is 5.56 Å². The number of nitrogens with zero attached hydrogens (tertiary/aromatic N) is 1. The predicted octanol–water partition coefficient (Wildman–Crippen LogP) is 2.99. The molecule has 0 radical (unpaired) electrons. The topological polar surface area (TPSA) is 52.0 Å². The summed E-state index contributed by atoms with van der Waals surface area (Å²) in [5.74, 6) is 1.08. The fourth-order valence-electron chi connectivity index (χ4n) is 1.17. The standard InChI is InChI=1S/C10H9BrN2O/c1-6-2-3-7(4-8(6)11)9-5-10(12)13-14-9/h2-5H,1H3,(H2,12,13). The number of nitrogens with two attached hydrogens (primary N) is 1. The number of hydrogen-bond acceptors (Lipinski definition) is 3. The molecule has 2 rings (SSSR count). The van der Waals surface area contributed by atoms with E-state index in [0.29, 0.717) is 11.6 Å². The second-order valence-electron chi connectivity index (χ2n) is 3.08. The van der Waals surface area contributed by atoms with Crippen molar-refractivity contribution < 1.29 is 4.52 Å². The average molecular weight is 253 g/mol. The van der Waals surface area contributed by atoms with Gasteiger partial charge in [0.05, 0.1) is 0 Å². The maximum atomic E-state index is 5.47. The monoisotopic (exact) mass is 252 g/mol. The van der Waals surface area contributed by atoms with E-state index in [0.717, 1.165) is 10.0 Å². The van der Waals surface area contributed by atoms with Gasteiger partial charge in [0.1, 0.15) is 0 Å². The molecule has 0 aliphatic rings. The van der Waals surface area contributed by atoms with E-state index >= 15 is 0 Å². The Kier molecular flexibility index (Phi) is 2.29. The maximum Gasteiger partial charge on any atom is 0.169 e. The van der Waals surface area contributed by atoms with Gasteiger partial charge in [0.25, 0.3) is 0 Å². The third kappa shape index (κ3) is 1.65.